The van der Waals surface area contributed by atoms with Gasteiger partial charge in [0, 0.05) is 16.7 Å². The molecule has 114 valence electrons. The molecule has 1 fully saturated rings. The van der Waals surface area contributed by atoms with Crippen LogP contribution in [0.1, 0.15) is 18.4 Å². The van der Waals surface area contributed by atoms with Crippen molar-refractivity contribution in [1.82, 2.24) is 0 Å². The number of nitro groups is 1. The highest BCUT2D eigenvalue weighted by molar-refractivity contribution is 6.30. The normalized spacial score (nSPS) is 24.3. The Kier molecular flexibility index (Phi) is 3.48. The highest BCUT2D eigenvalue weighted by Gasteiger charge is 2.49. The molecule has 0 bridgehead atoms. The molecule has 0 radical (unpaired) electrons. The van der Waals surface area contributed by atoms with Crippen molar-refractivity contribution >= 4 is 34.8 Å². The van der Waals surface area contributed by atoms with E-state index in [1.54, 1.807) is 25.1 Å². The zero-order valence-corrected chi connectivity index (χ0v) is 12.5. The van der Waals surface area contributed by atoms with Gasteiger partial charge in [0.15, 0.2) is 0 Å². The van der Waals surface area contributed by atoms with Gasteiger partial charge in [-0.3, -0.25) is 19.7 Å². The summed E-state index contributed by atoms with van der Waals surface area (Å²) in [5.41, 5.74) is 0.622. The Hall–Kier alpha value is -2.21. The second-order valence-corrected chi connectivity index (χ2v) is 6.03. The van der Waals surface area contributed by atoms with Crippen molar-refractivity contribution in [2.45, 2.75) is 19.8 Å². The molecule has 0 saturated carbocycles. The number of nitro benzene ring substituents is 1. The van der Waals surface area contributed by atoms with Gasteiger partial charge in [0.1, 0.15) is 0 Å². The highest BCUT2D eigenvalue weighted by Crippen LogP contribution is 2.41. The molecule has 1 aromatic rings. The first-order valence-electron chi connectivity index (χ1n) is 6.87. The summed E-state index contributed by atoms with van der Waals surface area (Å²) >= 11 is 5.97. The first kappa shape index (κ1) is 14.7. The summed E-state index contributed by atoms with van der Waals surface area (Å²) in [6, 6.07) is 4.38. The molecule has 1 aliphatic carbocycles. The van der Waals surface area contributed by atoms with Gasteiger partial charge in [-0.2, -0.15) is 0 Å². The quantitative estimate of drug-likeness (QED) is 0.476. The fourth-order valence-corrected chi connectivity index (χ4v) is 3.27. The minimum Gasteiger partial charge on any atom is -0.274 e. The Labute approximate surface area is 131 Å². The van der Waals surface area contributed by atoms with Crippen molar-refractivity contribution in [3.05, 3.63) is 45.0 Å². The van der Waals surface area contributed by atoms with Crippen LogP contribution in [0.25, 0.3) is 0 Å². The third-order valence-electron chi connectivity index (χ3n) is 4.22. The van der Waals surface area contributed by atoms with E-state index in [0.717, 1.165) is 4.90 Å². The van der Waals surface area contributed by atoms with Crippen LogP contribution in [0.4, 0.5) is 11.4 Å². The van der Waals surface area contributed by atoms with E-state index >= 15 is 0 Å². The highest BCUT2D eigenvalue weighted by atomic mass is 35.5. The molecule has 0 aromatic heterocycles. The van der Waals surface area contributed by atoms with Gasteiger partial charge in [0.2, 0.25) is 11.8 Å². The molecule has 0 spiro atoms. The maximum absolute atomic E-state index is 12.5. The van der Waals surface area contributed by atoms with E-state index in [2.05, 4.69) is 0 Å². The predicted octanol–water partition coefficient (Wildman–Crippen LogP) is 2.93. The predicted molar refractivity (Wildman–Crippen MR) is 80.5 cm³/mol. The molecule has 2 atom stereocenters. The van der Waals surface area contributed by atoms with Crippen LogP contribution in [0.5, 0.6) is 0 Å². The lowest BCUT2D eigenvalue weighted by molar-refractivity contribution is -0.385. The summed E-state index contributed by atoms with van der Waals surface area (Å²) < 4.78 is 0. The molecule has 1 heterocycles. The lowest BCUT2D eigenvalue weighted by Crippen LogP contribution is -2.30. The van der Waals surface area contributed by atoms with Crippen molar-refractivity contribution in [1.29, 1.82) is 0 Å². The van der Waals surface area contributed by atoms with E-state index in [0.29, 0.717) is 23.4 Å². The SMILES string of the molecule is Cc1ccc(N2C(=O)[C@@H]3CC=C(Cl)C[C@H]3C2=O)cc1[N+](=O)[O-]. The molecule has 2 aliphatic rings. The number of allylic oxidation sites excluding steroid dienone is 2. The number of fused-ring (bicyclic) bond motifs is 1. The molecule has 0 unspecified atom stereocenters. The molecule has 22 heavy (non-hydrogen) atoms. The number of hydrogen-bond acceptors (Lipinski definition) is 4. The summed E-state index contributed by atoms with van der Waals surface area (Å²) in [5.74, 6) is -1.53. The number of aryl methyl sites for hydroxylation is 1. The number of anilines is 1. The van der Waals surface area contributed by atoms with Crippen molar-refractivity contribution in [3.63, 3.8) is 0 Å². The third-order valence-corrected chi connectivity index (χ3v) is 4.53. The fraction of sp³-hybridized carbons (Fsp3) is 0.333. The first-order chi connectivity index (χ1) is 10.4. The van der Waals surface area contributed by atoms with Crippen LogP contribution in [0, 0.1) is 28.9 Å². The number of carbonyl (C=O) groups is 2. The summed E-state index contributed by atoms with van der Waals surface area (Å²) in [4.78, 5) is 36.6. The Morgan fingerprint density at radius 2 is 1.95 bits per heavy atom. The second-order valence-electron chi connectivity index (χ2n) is 5.54. The molecular formula is C15H13ClN2O4. The van der Waals surface area contributed by atoms with E-state index in [4.69, 9.17) is 11.6 Å². The largest absolute Gasteiger partial charge is 0.274 e. The Morgan fingerprint density at radius 1 is 1.27 bits per heavy atom. The van der Waals surface area contributed by atoms with Crippen LogP contribution in [-0.4, -0.2) is 16.7 Å². The Balaban J connectivity index is 2.00. The van der Waals surface area contributed by atoms with Crippen LogP contribution >= 0.6 is 11.6 Å². The number of benzene rings is 1. The second kappa shape index (κ2) is 5.21. The number of rotatable bonds is 2. The van der Waals surface area contributed by atoms with Crippen molar-refractivity contribution in [3.8, 4) is 0 Å². The van der Waals surface area contributed by atoms with Gasteiger partial charge in [0.05, 0.1) is 22.4 Å². The summed E-state index contributed by atoms with van der Waals surface area (Å²) in [6.07, 6.45) is 2.54. The van der Waals surface area contributed by atoms with E-state index in [9.17, 15) is 19.7 Å². The van der Waals surface area contributed by atoms with Gasteiger partial charge in [-0.15, -0.1) is 0 Å². The number of carbonyl (C=O) groups excluding carboxylic acids is 2. The summed E-state index contributed by atoms with van der Waals surface area (Å²) in [6.45, 7) is 1.61. The van der Waals surface area contributed by atoms with Crippen molar-refractivity contribution in [2.24, 2.45) is 11.8 Å². The number of imide groups is 1. The van der Waals surface area contributed by atoms with Gasteiger partial charge in [-0.05, 0) is 25.8 Å². The molecule has 0 N–H and O–H groups in total. The fourth-order valence-electron chi connectivity index (χ4n) is 3.02. The van der Waals surface area contributed by atoms with Crippen molar-refractivity contribution < 1.29 is 14.5 Å². The van der Waals surface area contributed by atoms with Crippen LogP contribution in [-0.2, 0) is 9.59 Å². The molecule has 1 saturated heterocycles. The van der Waals surface area contributed by atoms with Crippen molar-refractivity contribution in [2.75, 3.05) is 4.90 Å². The monoisotopic (exact) mass is 320 g/mol. The molecule has 1 aromatic carbocycles. The molecule has 1 aliphatic heterocycles. The number of hydrogen-bond donors (Lipinski definition) is 0. The smallest absolute Gasteiger partial charge is 0.274 e. The molecule has 3 rings (SSSR count). The topological polar surface area (TPSA) is 80.5 Å². The van der Waals surface area contributed by atoms with E-state index in [1.165, 1.54) is 6.07 Å². The minimum absolute atomic E-state index is 0.107. The third kappa shape index (κ3) is 2.20. The summed E-state index contributed by atoms with van der Waals surface area (Å²) in [7, 11) is 0. The van der Waals surface area contributed by atoms with E-state index in [-0.39, 0.29) is 23.2 Å². The van der Waals surface area contributed by atoms with E-state index in [1.807, 2.05) is 0 Å². The zero-order chi connectivity index (χ0) is 16.0. The molecule has 2 amide bonds. The average molecular weight is 321 g/mol. The van der Waals surface area contributed by atoms with Gasteiger partial charge in [-0.1, -0.05) is 23.7 Å². The van der Waals surface area contributed by atoms with Crippen LogP contribution in [0.2, 0.25) is 0 Å². The first-order valence-corrected chi connectivity index (χ1v) is 7.25. The molecule has 6 nitrogen and oxygen atoms in total. The summed E-state index contributed by atoms with van der Waals surface area (Å²) in [5, 5.41) is 11.6. The van der Waals surface area contributed by atoms with Gasteiger partial charge < -0.3 is 0 Å². The van der Waals surface area contributed by atoms with Gasteiger partial charge in [0.25, 0.3) is 5.69 Å². The lowest BCUT2D eigenvalue weighted by atomic mass is 9.85. The average Bonchev–Trinajstić information content (AvgIpc) is 2.71. The lowest BCUT2D eigenvalue weighted by Gasteiger charge is -2.17. The Morgan fingerprint density at radius 3 is 2.64 bits per heavy atom. The zero-order valence-electron chi connectivity index (χ0n) is 11.8. The number of halogens is 1. The van der Waals surface area contributed by atoms with Crippen LogP contribution < -0.4 is 4.90 Å². The Bertz CT molecular complexity index is 728. The van der Waals surface area contributed by atoms with Gasteiger partial charge >= 0.3 is 0 Å². The van der Waals surface area contributed by atoms with E-state index < -0.39 is 16.8 Å². The number of nitrogens with zero attached hydrogens (tertiary/aromatic N) is 2. The maximum atomic E-state index is 12.5. The van der Waals surface area contributed by atoms with Crippen LogP contribution in [0.15, 0.2) is 29.3 Å². The number of amides is 2. The minimum atomic E-state index is -0.519. The molecule has 7 heteroatoms. The van der Waals surface area contributed by atoms with Gasteiger partial charge in [-0.25, -0.2) is 4.90 Å². The van der Waals surface area contributed by atoms with Crippen LogP contribution in [0.3, 0.4) is 0 Å². The standard InChI is InChI=1S/C15H13ClN2O4/c1-8-2-4-10(7-13(8)18(21)22)17-14(19)11-5-3-9(16)6-12(11)15(17)20/h2-4,7,11-12H,5-6H2,1H3/t11-,12-/m1/s1. The molecular weight excluding hydrogens is 308 g/mol. The maximum Gasteiger partial charge on any atom is 0.274 e.